The molecule has 0 aromatic heterocycles. The summed E-state index contributed by atoms with van der Waals surface area (Å²) in [7, 11) is 1.49. The molecule has 3 atom stereocenters. The van der Waals surface area contributed by atoms with Gasteiger partial charge in [0.05, 0.1) is 29.4 Å². The number of ether oxygens (including phenoxy) is 1. The average Bonchev–Trinajstić information content (AvgIpc) is 3.35. The van der Waals surface area contributed by atoms with Crippen LogP contribution in [0.25, 0.3) is 0 Å². The second-order valence-corrected chi connectivity index (χ2v) is 8.30. The predicted molar refractivity (Wildman–Crippen MR) is 124 cm³/mol. The molecule has 2 saturated heterocycles. The van der Waals surface area contributed by atoms with E-state index in [4.69, 9.17) is 21.2 Å². The van der Waals surface area contributed by atoms with E-state index in [2.05, 4.69) is 0 Å². The van der Waals surface area contributed by atoms with Crippen LogP contribution in [0, 0.1) is 16.0 Å². The molecule has 3 aromatic carbocycles. The summed E-state index contributed by atoms with van der Waals surface area (Å²) in [5.74, 6) is -1.41. The Morgan fingerprint density at radius 3 is 2.41 bits per heavy atom. The van der Waals surface area contributed by atoms with Crippen molar-refractivity contribution in [2.75, 3.05) is 17.1 Å². The predicted octanol–water partition coefficient (Wildman–Crippen LogP) is 4.31. The highest BCUT2D eigenvalue weighted by Gasteiger charge is 2.60. The Balaban J connectivity index is 1.60. The molecule has 0 saturated carbocycles. The number of nitro benzene ring substituents is 1. The zero-order valence-corrected chi connectivity index (χ0v) is 18.6. The maximum atomic E-state index is 13.6. The molecule has 2 aliphatic rings. The van der Waals surface area contributed by atoms with E-state index < -0.39 is 34.8 Å². The minimum absolute atomic E-state index is 0.126. The lowest BCUT2D eigenvalue weighted by Gasteiger charge is -2.28. The topological polar surface area (TPSA) is 102 Å². The molecule has 0 N–H and O–H groups in total. The summed E-state index contributed by atoms with van der Waals surface area (Å²) in [6, 6.07) is 18.5. The fourth-order valence-corrected chi connectivity index (χ4v) is 4.52. The molecule has 0 unspecified atom stereocenters. The van der Waals surface area contributed by atoms with Gasteiger partial charge in [0.25, 0.3) is 11.6 Å². The summed E-state index contributed by atoms with van der Waals surface area (Å²) < 4.78 is 5.23. The van der Waals surface area contributed by atoms with Gasteiger partial charge >= 0.3 is 0 Å². The first-order chi connectivity index (χ1) is 16.4. The summed E-state index contributed by atoms with van der Waals surface area (Å²) >= 11 is 6.02. The van der Waals surface area contributed by atoms with Gasteiger partial charge in [-0.2, -0.15) is 0 Å². The number of hydroxylamine groups is 1. The molecule has 10 heteroatoms. The molecular weight excluding hydrogens is 462 g/mol. The van der Waals surface area contributed by atoms with Gasteiger partial charge in [-0.25, -0.2) is 9.96 Å². The third kappa shape index (κ3) is 3.55. The SMILES string of the molecule is COc1cccc(N2C(=O)[C@@H]3[C@@H](c4cccc([N+](=O)[O-])c4)N(c4ccc(Cl)cc4)O[C@H]3C2=O)c1. The summed E-state index contributed by atoms with van der Waals surface area (Å²) in [5.41, 5.74) is 1.27. The number of fused-ring (bicyclic) bond motifs is 1. The van der Waals surface area contributed by atoms with Crippen molar-refractivity contribution in [1.82, 2.24) is 0 Å². The standard InChI is InChI=1S/C24H18ClN3O6/c1-33-19-7-3-5-17(13-19)26-23(29)20-21(14-4-2-6-18(12-14)28(31)32)27(34-22(20)24(26)30)16-10-8-15(25)9-11-16/h2-13,20-22H,1H3/t20-,21-,22-/m1/s1. The second-order valence-electron chi connectivity index (χ2n) is 7.86. The van der Waals surface area contributed by atoms with Crippen LogP contribution >= 0.6 is 11.6 Å². The molecule has 0 aliphatic carbocycles. The van der Waals surface area contributed by atoms with Crippen LogP contribution in [0.2, 0.25) is 5.02 Å². The van der Waals surface area contributed by atoms with E-state index in [1.54, 1.807) is 60.7 Å². The monoisotopic (exact) mass is 479 g/mol. The zero-order chi connectivity index (χ0) is 24.0. The Hall–Kier alpha value is -3.95. The summed E-state index contributed by atoms with van der Waals surface area (Å²) in [5, 5.41) is 13.4. The number of hydrogen-bond donors (Lipinski definition) is 0. The van der Waals surface area contributed by atoms with Gasteiger partial charge in [0, 0.05) is 23.2 Å². The summed E-state index contributed by atoms with van der Waals surface area (Å²) in [6.45, 7) is 0. The van der Waals surface area contributed by atoms with Crippen LogP contribution in [0.15, 0.2) is 72.8 Å². The number of methoxy groups -OCH3 is 1. The molecule has 2 fully saturated rings. The van der Waals surface area contributed by atoms with Crippen molar-refractivity contribution in [2.24, 2.45) is 5.92 Å². The molecule has 0 radical (unpaired) electrons. The Morgan fingerprint density at radius 2 is 1.71 bits per heavy atom. The van der Waals surface area contributed by atoms with Gasteiger partial charge < -0.3 is 4.74 Å². The maximum absolute atomic E-state index is 13.6. The zero-order valence-electron chi connectivity index (χ0n) is 17.8. The number of rotatable bonds is 5. The molecule has 2 aliphatic heterocycles. The van der Waals surface area contributed by atoms with Crippen LogP contribution in [0.3, 0.4) is 0 Å². The molecule has 2 heterocycles. The van der Waals surface area contributed by atoms with Gasteiger partial charge in [0.1, 0.15) is 11.7 Å². The van der Waals surface area contributed by atoms with Gasteiger partial charge in [-0.3, -0.25) is 24.5 Å². The van der Waals surface area contributed by atoms with Crippen molar-refractivity contribution in [3.8, 4) is 5.75 Å². The van der Waals surface area contributed by atoms with E-state index in [0.717, 1.165) is 4.90 Å². The highest BCUT2D eigenvalue weighted by molar-refractivity contribution is 6.30. The minimum Gasteiger partial charge on any atom is -0.497 e. The largest absolute Gasteiger partial charge is 0.497 e. The highest BCUT2D eigenvalue weighted by atomic mass is 35.5. The first-order valence-electron chi connectivity index (χ1n) is 10.4. The van der Waals surface area contributed by atoms with Crippen molar-refractivity contribution >= 4 is 40.5 Å². The van der Waals surface area contributed by atoms with Gasteiger partial charge in [0.2, 0.25) is 5.91 Å². The third-order valence-corrected chi connectivity index (χ3v) is 6.18. The lowest BCUT2D eigenvalue weighted by Crippen LogP contribution is -2.37. The molecule has 34 heavy (non-hydrogen) atoms. The molecule has 3 aromatic rings. The van der Waals surface area contributed by atoms with E-state index in [1.807, 2.05) is 0 Å². The fourth-order valence-electron chi connectivity index (χ4n) is 4.39. The van der Waals surface area contributed by atoms with Gasteiger partial charge in [-0.05, 0) is 42.0 Å². The normalized spacial score (nSPS) is 21.6. The van der Waals surface area contributed by atoms with E-state index in [1.165, 1.54) is 24.3 Å². The molecule has 2 amide bonds. The molecule has 0 bridgehead atoms. The molecular formula is C24H18ClN3O6. The number of imide groups is 1. The highest BCUT2D eigenvalue weighted by Crippen LogP contribution is 2.48. The van der Waals surface area contributed by atoms with Gasteiger partial charge in [-0.15, -0.1) is 0 Å². The number of benzene rings is 3. The van der Waals surface area contributed by atoms with Crippen molar-refractivity contribution in [1.29, 1.82) is 0 Å². The number of non-ortho nitro benzene ring substituents is 1. The van der Waals surface area contributed by atoms with Gasteiger partial charge in [-0.1, -0.05) is 29.8 Å². The molecule has 0 spiro atoms. The number of carbonyl (C=O) groups is 2. The number of nitro groups is 1. The Labute approximate surface area is 199 Å². The van der Waals surface area contributed by atoms with E-state index in [9.17, 15) is 19.7 Å². The molecule has 5 rings (SSSR count). The smallest absolute Gasteiger partial charge is 0.269 e. The first-order valence-corrected chi connectivity index (χ1v) is 10.7. The van der Waals surface area contributed by atoms with Crippen molar-refractivity contribution in [2.45, 2.75) is 12.1 Å². The Kier molecular flexibility index (Phi) is 5.43. The van der Waals surface area contributed by atoms with Gasteiger partial charge in [0.15, 0.2) is 6.10 Å². The average molecular weight is 480 g/mol. The quantitative estimate of drug-likeness (QED) is 0.305. The number of amides is 2. The molecule has 9 nitrogen and oxygen atoms in total. The lowest BCUT2D eigenvalue weighted by atomic mass is 9.90. The maximum Gasteiger partial charge on any atom is 0.269 e. The summed E-state index contributed by atoms with van der Waals surface area (Å²) in [6.07, 6.45) is -1.10. The third-order valence-electron chi connectivity index (χ3n) is 5.93. The summed E-state index contributed by atoms with van der Waals surface area (Å²) in [4.78, 5) is 45.0. The molecule has 172 valence electrons. The van der Waals surface area contributed by atoms with Crippen LogP contribution in [-0.4, -0.2) is 30.0 Å². The van der Waals surface area contributed by atoms with Crippen LogP contribution < -0.4 is 14.7 Å². The van der Waals surface area contributed by atoms with Crippen LogP contribution in [0.1, 0.15) is 11.6 Å². The van der Waals surface area contributed by atoms with Crippen molar-refractivity contribution in [3.05, 3.63) is 93.5 Å². The van der Waals surface area contributed by atoms with E-state index >= 15 is 0 Å². The number of anilines is 2. The van der Waals surface area contributed by atoms with Crippen molar-refractivity contribution < 1.29 is 24.1 Å². The number of carbonyl (C=O) groups excluding carboxylic acids is 2. The number of nitrogens with zero attached hydrogens (tertiary/aromatic N) is 3. The van der Waals surface area contributed by atoms with Crippen LogP contribution in [0.4, 0.5) is 17.1 Å². The van der Waals surface area contributed by atoms with E-state index in [-0.39, 0.29) is 5.69 Å². The van der Waals surface area contributed by atoms with E-state index in [0.29, 0.717) is 27.7 Å². The second kappa shape index (κ2) is 8.44. The minimum atomic E-state index is -1.10. The van der Waals surface area contributed by atoms with Crippen molar-refractivity contribution in [3.63, 3.8) is 0 Å². The number of halogens is 1. The number of hydrogen-bond acceptors (Lipinski definition) is 7. The Bertz CT molecular complexity index is 1300. The lowest BCUT2D eigenvalue weighted by molar-refractivity contribution is -0.384. The van der Waals surface area contributed by atoms with Crippen LogP contribution in [0.5, 0.6) is 5.75 Å². The first kappa shape index (κ1) is 21.9. The van der Waals surface area contributed by atoms with Crippen LogP contribution in [-0.2, 0) is 14.4 Å². The Morgan fingerprint density at radius 1 is 0.971 bits per heavy atom. The fraction of sp³-hybridized carbons (Fsp3) is 0.167.